The molecule has 28 heavy (non-hydrogen) atoms. The van der Waals surface area contributed by atoms with E-state index in [0.29, 0.717) is 28.3 Å². The van der Waals surface area contributed by atoms with Crippen molar-refractivity contribution in [2.24, 2.45) is 0 Å². The lowest BCUT2D eigenvalue weighted by Gasteiger charge is -2.09. The van der Waals surface area contributed by atoms with E-state index in [1.807, 2.05) is 30.3 Å². The number of nitrogens with one attached hydrogen (secondary N) is 2. The van der Waals surface area contributed by atoms with Crippen molar-refractivity contribution in [3.8, 4) is 17.2 Å². The number of para-hydroxylation sites is 1. The average molecular weight is 376 g/mol. The number of oxazole rings is 1. The second kappa shape index (κ2) is 7.71. The first-order chi connectivity index (χ1) is 13.7. The first kappa shape index (κ1) is 17.4. The number of carbonyl (C=O) groups excluding carboxylic acids is 1. The average Bonchev–Trinajstić information content (AvgIpc) is 3.07. The Balaban J connectivity index is 1.31. The molecule has 0 saturated carbocycles. The van der Waals surface area contributed by atoms with Crippen LogP contribution in [0.3, 0.4) is 0 Å². The summed E-state index contributed by atoms with van der Waals surface area (Å²) < 4.78 is 16.1. The van der Waals surface area contributed by atoms with Gasteiger partial charge in [0.15, 0.2) is 12.2 Å². The molecule has 0 saturated heterocycles. The minimum absolute atomic E-state index is 0.154. The summed E-state index contributed by atoms with van der Waals surface area (Å²) in [5.41, 5.74) is 1.47. The smallest absolute Gasteiger partial charge is 0.417 e. The molecule has 3 aromatic carbocycles. The predicted octanol–water partition coefficient (Wildman–Crippen LogP) is 3.93. The Hall–Kier alpha value is -4.00. The minimum Gasteiger partial charge on any atom is -0.484 e. The maximum absolute atomic E-state index is 12.1. The number of anilines is 1. The van der Waals surface area contributed by atoms with Gasteiger partial charge < -0.3 is 19.2 Å². The van der Waals surface area contributed by atoms with E-state index in [-0.39, 0.29) is 12.5 Å². The van der Waals surface area contributed by atoms with Crippen LogP contribution in [0.4, 0.5) is 5.69 Å². The Morgan fingerprint density at radius 2 is 1.64 bits per heavy atom. The summed E-state index contributed by atoms with van der Waals surface area (Å²) in [5.74, 6) is 1.10. The zero-order valence-electron chi connectivity index (χ0n) is 14.7. The van der Waals surface area contributed by atoms with E-state index in [1.165, 1.54) is 0 Å². The van der Waals surface area contributed by atoms with Gasteiger partial charge in [0.05, 0.1) is 5.52 Å². The lowest BCUT2D eigenvalue weighted by atomic mass is 10.3. The van der Waals surface area contributed by atoms with Gasteiger partial charge in [-0.15, -0.1) is 0 Å². The zero-order valence-corrected chi connectivity index (χ0v) is 14.7. The Bertz CT molecular complexity index is 1150. The molecule has 0 aliphatic carbocycles. The second-order valence-electron chi connectivity index (χ2n) is 5.95. The molecule has 140 valence electrons. The van der Waals surface area contributed by atoms with Crippen molar-refractivity contribution in [2.75, 3.05) is 11.9 Å². The van der Waals surface area contributed by atoms with Gasteiger partial charge in [0.2, 0.25) is 0 Å². The van der Waals surface area contributed by atoms with Crippen molar-refractivity contribution in [2.45, 2.75) is 0 Å². The van der Waals surface area contributed by atoms with Gasteiger partial charge in [-0.2, -0.15) is 0 Å². The van der Waals surface area contributed by atoms with Crippen molar-refractivity contribution < 1.29 is 18.7 Å². The van der Waals surface area contributed by atoms with Crippen LogP contribution < -0.4 is 20.5 Å². The molecule has 0 aliphatic rings. The normalized spacial score (nSPS) is 10.6. The number of aromatic nitrogens is 1. The third-order valence-electron chi connectivity index (χ3n) is 3.88. The van der Waals surface area contributed by atoms with Gasteiger partial charge in [-0.05, 0) is 54.6 Å². The van der Waals surface area contributed by atoms with E-state index in [2.05, 4.69) is 10.3 Å². The van der Waals surface area contributed by atoms with Crippen LogP contribution in [0.1, 0.15) is 0 Å². The molecule has 1 amide bonds. The van der Waals surface area contributed by atoms with Gasteiger partial charge in [0.25, 0.3) is 5.91 Å². The molecule has 2 N–H and O–H groups in total. The first-order valence-corrected chi connectivity index (χ1v) is 8.54. The number of aromatic amines is 1. The van der Waals surface area contributed by atoms with Crippen molar-refractivity contribution in [3.05, 3.63) is 83.3 Å². The lowest BCUT2D eigenvalue weighted by Crippen LogP contribution is -2.20. The standard InChI is InChI=1S/C21H16N2O5/c24-20(22-14-6-11-19-18(12-14)23-21(25)28-19)13-26-15-7-9-17(10-8-15)27-16-4-2-1-3-5-16/h1-12H,13H2,(H,22,24)(H,23,25). The molecule has 0 spiro atoms. The van der Waals surface area contributed by atoms with Gasteiger partial charge in [0, 0.05) is 5.69 Å². The van der Waals surface area contributed by atoms with Crippen LogP contribution in [0.5, 0.6) is 17.2 Å². The summed E-state index contributed by atoms with van der Waals surface area (Å²) in [5, 5.41) is 2.71. The maximum Gasteiger partial charge on any atom is 0.417 e. The van der Waals surface area contributed by atoms with E-state index in [0.717, 1.165) is 5.75 Å². The molecule has 1 aromatic heterocycles. The summed E-state index contributed by atoms with van der Waals surface area (Å²) in [4.78, 5) is 25.8. The summed E-state index contributed by atoms with van der Waals surface area (Å²) in [6.45, 7) is -0.154. The molecule has 1 heterocycles. The number of hydrogen-bond acceptors (Lipinski definition) is 5. The van der Waals surface area contributed by atoms with Crippen LogP contribution in [0.25, 0.3) is 11.1 Å². The van der Waals surface area contributed by atoms with E-state index in [1.54, 1.807) is 42.5 Å². The van der Waals surface area contributed by atoms with Crippen LogP contribution in [-0.4, -0.2) is 17.5 Å². The van der Waals surface area contributed by atoms with Crippen LogP contribution in [0.15, 0.2) is 82.0 Å². The van der Waals surface area contributed by atoms with E-state index in [4.69, 9.17) is 13.9 Å². The molecule has 7 nitrogen and oxygen atoms in total. The van der Waals surface area contributed by atoms with Gasteiger partial charge in [-0.3, -0.25) is 9.78 Å². The first-order valence-electron chi connectivity index (χ1n) is 8.54. The van der Waals surface area contributed by atoms with Crippen LogP contribution in [0.2, 0.25) is 0 Å². The summed E-state index contributed by atoms with van der Waals surface area (Å²) >= 11 is 0. The largest absolute Gasteiger partial charge is 0.484 e. The fraction of sp³-hybridized carbons (Fsp3) is 0.0476. The number of rotatable bonds is 6. The number of ether oxygens (including phenoxy) is 2. The number of benzene rings is 3. The maximum atomic E-state index is 12.1. The molecule has 0 bridgehead atoms. The molecule has 0 aliphatic heterocycles. The fourth-order valence-corrected chi connectivity index (χ4v) is 2.60. The number of hydrogen-bond donors (Lipinski definition) is 2. The highest BCUT2D eigenvalue weighted by Gasteiger charge is 2.07. The van der Waals surface area contributed by atoms with Crippen LogP contribution in [0, 0.1) is 0 Å². The quantitative estimate of drug-likeness (QED) is 0.532. The SMILES string of the molecule is O=C(COc1ccc(Oc2ccccc2)cc1)Nc1ccc2oc(=O)[nH]c2c1. The molecule has 0 fully saturated rings. The highest BCUT2D eigenvalue weighted by atomic mass is 16.5. The summed E-state index contributed by atoms with van der Waals surface area (Å²) in [6, 6.07) is 21.3. The molecular weight excluding hydrogens is 360 g/mol. The molecule has 4 aromatic rings. The van der Waals surface area contributed by atoms with E-state index in [9.17, 15) is 9.59 Å². The Kier molecular flexibility index (Phi) is 4.79. The summed E-state index contributed by atoms with van der Waals surface area (Å²) in [7, 11) is 0. The molecule has 0 atom stereocenters. The van der Waals surface area contributed by atoms with E-state index < -0.39 is 5.76 Å². The highest BCUT2D eigenvalue weighted by molar-refractivity contribution is 5.93. The molecule has 0 radical (unpaired) electrons. The van der Waals surface area contributed by atoms with Crippen molar-refractivity contribution in [1.82, 2.24) is 4.98 Å². The second-order valence-corrected chi connectivity index (χ2v) is 5.95. The number of H-pyrrole nitrogens is 1. The Labute approximate surface area is 159 Å². The Morgan fingerprint density at radius 1 is 0.929 bits per heavy atom. The Morgan fingerprint density at radius 3 is 2.43 bits per heavy atom. The van der Waals surface area contributed by atoms with Gasteiger partial charge in [-0.1, -0.05) is 18.2 Å². The van der Waals surface area contributed by atoms with Gasteiger partial charge in [0.1, 0.15) is 17.2 Å². The predicted molar refractivity (Wildman–Crippen MR) is 104 cm³/mol. The molecular formula is C21H16N2O5. The molecule has 4 rings (SSSR count). The van der Waals surface area contributed by atoms with Crippen LogP contribution >= 0.6 is 0 Å². The topological polar surface area (TPSA) is 93.6 Å². The third kappa shape index (κ3) is 4.21. The number of fused-ring (bicyclic) bond motifs is 1. The van der Waals surface area contributed by atoms with Crippen LogP contribution in [-0.2, 0) is 4.79 Å². The molecule has 0 unspecified atom stereocenters. The van der Waals surface area contributed by atoms with Crippen molar-refractivity contribution >= 4 is 22.7 Å². The number of amides is 1. The minimum atomic E-state index is -0.540. The molecule has 7 heteroatoms. The van der Waals surface area contributed by atoms with Crippen molar-refractivity contribution in [1.29, 1.82) is 0 Å². The lowest BCUT2D eigenvalue weighted by molar-refractivity contribution is -0.118. The van der Waals surface area contributed by atoms with Gasteiger partial charge >= 0.3 is 5.76 Å². The van der Waals surface area contributed by atoms with Crippen molar-refractivity contribution in [3.63, 3.8) is 0 Å². The monoisotopic (exact) mass is 376 g/mol. The fourth-order valence-electron chi connectivity index (χ4n) is 2.60. The zero-order chi connectivity index (χ0) is 19.3. The van der Waals surface area contributed by atoms with E-state index >= 15 is 0 Å². The third-order valence-corrected chi connectivity index (χ3v) is 3.88. The highest BCUT2D eigenvalue weighted by Crippen LogP contribution is 2.23. The van der Waals surface area contributed by atoms with Gasteiger partial charge in [-0.25, -0.2) is 4.79 Å². The number of carbonyl (C=O) groups is 1. The summed E-state index contributed by atoms with van der Waals surface area (Å²) in [6.07, 6.45) is 0.